The van der Waals surface area contributed by atoms with Gasteiger partial charge in [-0.25, -0.2) is 0 Å². The Labute approximate surface area is 129 Å². The molecule has 0 amide bonds. The van der Waals surface area contributed by atoms with Crippen molar-refractivity contribution in [1.29, 1.82) is 0 Å². The monoisotopic (exact) mass is 300 g/mol. The van der Waals surface area contributed by atoms with E-state index in [0.717, 1.165) is 11.1 Å². The van der Waals surface area contributed by atoms with Gasteiger partial charge in [-0.15, -0.1) is 0 Å². The van der Waals surface area contributed by atoms with Gasteiger partial charge in [0.1, 0.15) is 5.75 Å². The zero-order valence-corrected chi connectivity index (χ0v) is 13.0. The van der Waals surface area contributed by atoms with Crippen LogP contribution >= 0.6 is 0 Å². The third kappa shape index (κ3) is 3.09. The number of hydrogen-bond donors (Lipinski definition) is 1. The highest BCUT2D eigenvalue weighted by Gasteiger charge is 2.20. The van der Waals surface area contributed by atoms with E-state index >= 15 is 0 Å². The third-order valence-corrected chi connectivity index (χ3v) is 3.77. The van der Waals surface area contributed by atoms with Crippen LogP contribution in [0.1, 0.15) is 35.2 Å². The fourth-order valence-corrected chi connectivity index (χ4v) is 2.44. The second kappa shape index (κ2) is 6.58. The number of ether oxygens (including phenoxy) is 1. The molecule has 0 spiro atoms. The Morgan fingerprint density at radius 3 is 2.59 bits per heavy atom. The number of nitro groups is 1. The largest absolute Gasteiger partial charge is 0.494 e. The first kappa shape index (κ1) is 16.0. The van der Waals surface area contributed by atoms with Gasteiger partial charge in [0, 0.05) is 17.2 Å². The van der Waals surface area contributed by atoms with Crippen LogP contribution in [0.3, 0.4) is 0 Å². The number of nitrogens with two attached hydrogens (primary N) is 1. The summed E-state index contributed by atoms with van der Waals surface area (Å²) >= 11 is 0. The quantitative estimate of drug-likeness (QED) is 0.675. The van der Waals surface area contributed by atoms with Gasteiger partial charge in [0.15, 0.2) is 0 Å². The van der Waals surface area contributed by atoms with E-state index in [1.807, 2.05) is 44.2 Å². The molecule has 0 heterocycles. The Bertz CT molecular complexity index is 698. The summed E-state index contributed by atoms with van der Waals surface area (Å²) in [5.41, 5.74) is 9.48. The lowest BCUT2D eigenvalue weighted by Gasteiger charge is -2.18. The molecule has 0 radical (unpaired) electrons. The van der Waals surface area contributed by atoms with Crippen molar-refractivity contribution in [2.45, 2.75) is 26.8 Å². The van der Waals surface area contributed by atoms with Crippen LogP contribution in [0.2, 0.25) is 0 Å². The number of aryl methyl sites for hydroxylation is 1. The minimum atomic E-state index is -0.472. The second-order valence-corrected chi connectivity index (χ2v) is 5.19. The molecule has 0 saturated heterocycles. The van der Waals surface area contributed by atoms with Crippen molar-refractivity contribution in [1.82, 2.24) is 0 Å². The predicted molar refractivity (Wildman–Crippen MR) is 86.2 cm³/mol. The Balaban J connectivity index is 2.50. The van der Waals surface area contributed by atoms with Crippen molar-refractivity contribution in [3.8, 4) is 5.75 Å². The van der Waals surface area contributed by atoms with Crippen molar-refractivity contribution < 1.29 is 9.66 Å². The van der Waals surface area contributed by atoms with Gasteiger partial charge in [-0.2, -0.15) is 0 Å². The van der Waals surface area contributed by atoms with Gasteiger partial charge in [-0.1, -0.05) is 24.3 Å². The zero-order valence-electron chi connectivity index (χ0n) is 13.0. The SMILES string of the molecule is CCOc1ccccc1C(N)c1cc(C)c(C)c([N+](=O)[O-])c1. The number of rotatable bonds is 5. The fraction of sp³-hybridized carbons (Fsp3) is 0.294. The van der Waals surface area contributed by atoms with Gasteiger partial charge in [0.05, 0.1) is 17.6 Å². The molecule has 0 aromatic heterocycles. The van der Waals surface area contributed by atoms with E-state index in [4.69, 9.17) is 10.5 Å². The van der Waals surface area contributed by atoms with E-state index in [0.29, 0.717) is 23.5 Å². The fourth-order valence-electron chi connectivity index (χ4n) is 2.44. The lowest BCUT2D eigenvalue weighted by atomic mass is 9.94. The first-order valence-electron chi connectivity index (χ1n) is 7.18. The number of benzene rings is 2. The number of para-hydroxylation sites is 1. The van der Waals surface area contributed by atoms with Gasteiger partial charge in [0.25, 0.3) is 5.69 Å². The summed E-state index contributed by atoms with van der Waals surface area (Å²) in [7, 11) is 0. The molecule has 2 aromatic rings. The van der Waals surface area contributed by atoms with Gasteiger partial charge in [-0.05, 0) is 38.0 Å². The molecule has 5 heteroatoms. The van der Waals surface area contributed by atoms with Crippen LogP contribution in [0.4, 0.5) is 5.69 Å². The van der Waals surface area contributed by atoms with Crippen LogP contribution < -0.4 is 10.5 Å². The number of nitro benzene ring substituents is 1. The van der Waals surface area contributed by atoms with Crippen LogP contribution in [0.15, 0.2) is 36.4 Å². The van der Waals surface area contributed by atoms with Crippen LogP contribution in [0.25, 0.3) is 0 Å². The van der Waals surface area contributed by atoms with Gasteiger partial charge >= 0.3 is 0 Å². The van der Waals surface area contributed by atoms with E-state index in [2.05, 4.69) is 0 Å². The van der Waals surface area contributed by atoms with Crippen molar-refractivity contribution in [2.75, 3.05) is 6.61 Å². The maximum absolute atomic E-state index is 11.2. The summed E-state index contributed by atoms with van der Waals surface area (Å²) in [4.78, 5) is 10.8. The van der Waals surface area contributed by atoms with E-state index in [9.17, 15) is 10.1 Å². The normalized spacial score (nSPS) is 12.0. The molecule has 0 fully saturated rings. The smallest absolute Gasteiger partial charge is 0.272 e. The standard InChI is InChI=1S/C17H20N2O3/c1-4-22-16-8-6-5-7-14(16)17(18)13-9-11(2)12(3)15(10-13)19(20)21/h5-10,17H,4,18H2,1-3H3. The average Bonchev–Trinajstić information content (AvgIpc) is 2.49. The summed E-state index contributed by atoms with van der Waals surface area (Å²) in [5.74, 6) is 0.707. The molecular formula is C17H20N2O3. The van der Waals surface area contributed by atoms with E-state index in [1.54, 1.807) is 13.0 Å². The average molecular weight is 300 g/mol. The summed E-state index contributed by atoms with van der Waals surface area (Å²) < 4.78 is 5.60. The highest BCUT2D eigenvalue weighted by molar-refractivity contribution is 5.51. The predicted octanol–water partition coefficient (Wildman–Crippen LogP) is 3.66. The Morgan fingerprint density at radius 1 is 1.27 bits per heavy atom. The summed E-state index contributed by atoms with van der Waals surface area (Å²) in [6, 6.07) is 10.5. The second-order valence-electron chi connectivity index (χ2n) is 5.19. The van der Waals surface area contributed by atoms with Crippen LogP contribution in [-0.4, -0.2) is 11.5 Å². The summed E-state index contributed by atoms with van der Waals surface area (Å²) in [5, 5.41) is 11.2. The van der Waals surface area contributed by atoms with Crippen LogP contribution in [0.5, 0.6) is 5.75 Å². The highest BCUT2D eigenvalue weighted by Crippen LogP contribution is 2.32. The molecule has 0 aliphatic carbocycles. The molecule has 2 aromatic carbocycles. The maximum atomic E-state index is 11.2. The van der Waals surface area contributed by atoms with Crippen molar-refractivity contribution in [3.05, 3.63) is 68.8 Å². The first-order chi connectivity index (χ1) is 10.5. The molecule has 2 N–H and O–H groups in total. The Kier molecular flexibility index (Phi) is 4.78. The van der Waals surface area contributed by atoms with E-state index in [-0.39, 0.29) is 10.6 Å². The summed E-state index contributed by atoms with van der Waals surface area (Å²) in [6.45, 7) is 6.05. The van der Waals surface area contributed by atoms with Crippen molar-refractivity contribution in [3.63, 3.8) is 0 Å². The maximum Gasteiger partial charge on any atom is 0.272 e. The molecule has 22 heavy (non-hydrogen) atoms. The molecule has 0 aliphatic rings. The van der Waals surface area contributed by atoms with Gasteiger partial charge in [-0.3, -0.25) is 10.1 Å². The molecule has 1 atom stereocenters. The number of hydrogen-bond acceptors (Lipinski definition) is 4. The Morgan fingerprint density at radius 2 is 1.95 bits per heavy atom. The van der Waals surface area contributed by atoms with Crippen molar-refractivity contribution >= 4 is 5.69 Å². The van der Waals surface area contributed by atoms with Crippen molar-refractivity contribution in [2.24, 2.45) is 5.73 Å². The zero-order chi connectivity index (χ0) is 16.3. The molecule has 116 valence electrons. The van der Waals surface area contributed by atoms with E-state index in [1.165, 1.54) is 0 Å². The molecule has 0 aliphatic heterocycles. The molecule has 0 saturated carbocycles. The lowest BCUT2D eigenvalue weighted by Crippen LogP contribution is -2.14. The molecule has 0 bridgehead atoms. The molecule has 1 unspecified atom stereocenters. The molecular weight excluding hydrogens is 280 g/mol. The molecule has 5 nitrogen and oxygen atoms in total. The van der Waals surface area contributed by atoms with Gasteiger partial charge < -0.3 is 10.5 Å². The number of nitrogens with zero attached hydrogens (tertiary/aromatic N) is 1. The minimum Gasteiger partial charge on any atom is -0.494 e. The third-order valence-electron chi connectivity index (χ3n) is 3.77. The first-order valence-corrected chi connectivity index (χ1v) is 7.18. The Hall–Kier alpha value is -2.40. The molecule has 2 rings (SSSR count). The van der Waals surface area contributed by atoms with Crippen LogP contribution in [-0.2, 0) is 0 Å². The van der Waals surface area contributed by atoms with Gasteiger partial charge in [0.2, 0.25) is 0 Å². The lowest BCUT2D eigenvalue weighted by molar-refractivity contribution is -0.385. The minimum absolute atomic E-state index is 0.0966. The topological polar surface area (TPSA) is 78.4 Å². The van der Waals surface area contributed by atoms with E-state index < -0.39 is 6.04 Å². The van der Waals surface area contributed by atoms with Crippen LogP contribution in [0, 0.1) is 24.0 Å². The summed E-state index contributed by atoms with van der Waals surface area (Å²) in [6.07, 6.45) is 0. The highest BCUT2D eigenvalue weighted by atomic mass is 16.6.